The van der Waals surface area contributed by atoms with Gasteiger partial charge in [0.05, 0.1) is 20.9 Å². The molecular weight excluding hydrogens is 302 g/mol. The summed E-state index contributed by atoms with van der Waals surface area (Å²) in [5, 5.41) is 11.5. The molecule has 112 valence electrons. The SMILES string of the molecule is O=C1C(Sc2ccccn2)CCN1c1cccc([N+](=O)[O-])c1. The van der Waals surface area contributed by atoms with Crippen molar-refractivity contribution in [2.75, 3.05) is 11.4 Å². The molecule has 1 saturated heterocycles. The summed E-state index contributed by atoms with van der Waals surface area (Å²) in [5.74, 6) is -0.0313. The Morgan fingerprint density at radius 1 is 1.27 bits per heavy atom. The Hall–Kier alpha value is -2.41. The number of pyridine rings is 1. The number of non-ortho nitro benzene ring substituents is 1. The van der Waals surface area contributed by atoms with Crippen LogP contribution in [-0.4, -0.2) is 27.6 Å². The van der Waals surface area contributed by atoms with Crippen LogP contribution in [0.2, 0.25) is 0 Å². The number of amides is 1. The van der Waals surface area contributed by atoms with Gasteiger partial charge in [0.1, 0.15) is 0 Å². The molecule has 0 saturated carbocycles. The molecule has 6 nitrogen and oxygen atoms in total. The minimum atomic E-state index is -0.454. The van der Waals surface area contributed by atoms with Crippen LogP contribution in [0.5, 0.6) is 0 Å². The molecule has 22 heavy (non-hydrogen) atoms. The van der Waals surface area contributed by atoms with Crippen LogP contribution in [0.4, 0.5) is 11.4 Å². The van der Waals surface area contributed by atoms with Gasteiger partial charge < -0.3 is 4.90 Å². The first kappa shape index (κ1) is 14.5. The summed E-state index contributed by atoms with van der Waals surface area (Å²) >= 11 is 1.43. The van der Waals surface area contributed by atoms with Crippen molar-refractivity contribution < 1.29 is 9.72 Å². The molecule has 0 bridgehead atoms. The van der Waals surface area contributed by atoms with Crippen LogP contribution in [0, 0.1) is 10.1 Å². The number of nitro benzene ring substituents is 1. The molecule has 1 aromatic carbocycles. The third kappa shape index (κ3) is 2.94. The first-order chi connectivity index (χ1) is 10.6. The van der Waals surface area contributed by atoms with Crippen molar-refractivity contribution in [3.63, 3.8) is 0 Å². The number of anilines is 1. The number of benzene rings is 1. The number of carbonyl (C=O) groups excluding carboxylic acids is 1. The first-order valence-electron chi connectivity index (χ1n) is 6.78. The van der Waals surface area contributed by atoms with Crippen LogP contribution in [0.25, 0.3) is 0 Å². The number of nitro groups is 1. The average molecular weight is 315 g/mol. The van der Waals surface area contributed by atoms with E-state index in [1.54, 1.807) is 23.2 Å². The van der Waals surface area contributed by atoms with Gasteiger partial charge in [-0.15, -0.1) is 0 Å². The van der Waals surface area contributed by atoms with Crippen molar-refractivity contribution in [3.05, 3.63) is 58.8 Å². The summed E-state index contributed by atoms with van der Waals surface area (Å²) in [7, 11) is 0. The average Bonchev–Trinajstić information content (AvgIpc) is 2.89. The Morgan fingerprint density at radius 2 is 2.14 bits per heavy atom. The van der Waals surface area contributed by atoms with E-state index in [9.17, 15) is 14.9 Å². The number of nitrogens with zero attached hydrogens (tertiary/aromatic N) is 3. The summed E-state index contributed by atoms with van der Waals surface area (Å²) in [4.78, 5) is 28.7. The van der Waals surface area contributed by atoms with E-state index in [1.165, 1.54) is 23.9 Å². The van der Waals surface area contributed by atoms with E-state index in [1.807, 2.05) is 18.2 Å². The zero-order chi connectivity index (χ0) is 15.5. The fraction of sp³-hybridized carbons (Fsp3) is 0.200. The topological polar surface area (TPSA) is 76.3 Å². The zero-order valence-corrected chi connectivity index (χ0v) is 12.4. The smallest absolute Gasteiger partial charge is 0.271 e. The summed E-state index contributed by atoms with van der Waals surface area (Å²) in [6.07, 6.45) is 2.39. The lowest BCUT2D eigenvalue weighted by Crippen LogP contribution is -2.28. The molecule has 1 aliphatic rings. The summed E-state index contributed by atoms with van der Waals surface area (Å²) in [6.45, 7) is 0.560. The van der Waals surface area contributed by atoms with Gasteiger partial charge in [-0.3, -0.25) is 14.9 Å². The quantitative estimate of drug-likeness (QED) is 0.640. The second-order valence-electron chi connectivity index (χ2n) is 4.83. The number of hydrogen-bond donors (Lipinski definition) is 0. The van der Waals surface area contributed by atoms with Gasteiger partial charge in [-0.1, -0.05) is 23.9 Å². The third-order valence-corrected chi connectivity index (χ3v) is 4.61. The second kappa shape index (κ2) is 6.15. The summed E-state index contributed by atoms with van der Waals surface area (Å²) in [6, 6.07) is 11.8. The minimum Gasteiger partial charge on any atom is -0.311 e. The van der Waals surface area contributed by atoms with Crippen LogP contribution in [0.1, 0.15) is 6.42 Å². The lowest BCUT2D eigenvalue weighted by molar-refractivity contribution is -0.384. The predicted molar refractivity (Wildman–Crippen MR) is 83.9 cm³/mol. The normalized spacial score (nSPS) is 17.7. The zero-order valence-electron chi connectivity index (χ0n) is 11.6. The lowest BCUT2D eigenvalue weighted by Gasteiger charge is -2.16. The van der Waals surface area contributed by atoms with Gasteiger partial charge in [0, 0.05) is 24.9 Å². The molecule has 0 aliphatic carbocycles. The van der Waals surface area contributed by atoms with Gasteiger partial charge in [0.2, 0.25) is 5.91 Å². The fourth-order valence-corrected chi connectivity index (χ4v) is 3.38. The molecule has 0 spiro atoms. The van der Waals surface area contributed by atoms with Gasteiger partial charge in [0.15, 0.2) is 0 Å². The number of carbonyl (C=O) groups is 1. The van der Waals surface area contributed by atoms with E-state index >= 15 is 0 Å². The standard InChI is InChI=1S/C15H13N3O3S/c19-15-13(22-14-6-1-2-8-16-14)7-9-17(15)11-4-3-5-12(10-11)18(20)21/h1-6,8,10,13H,7,9H2. The molecule has 2 heterocycles. The Labute approximate surface area is 131 Å². The maximum atomic E-state index is 12.5. The fourth-order valence-electron chi connectivity index (χ4n) is 2.36. The summed E-state index contributed by atoms with van der Waals surface area (Å²) < 4.78 is 0. The van der Waals surface area contributed by atoms with Gasteiger partial charge in [-0.05, 0) is 24.6 Å². The van der Waals surface area contributed by atoms with Gasteiger partial charge >= 0.3 is 0 Å². The van der Waals surface area contributed by atoms with Gasteiger partial charge in [-0.2, -0.15) is 0 Å². The molecule has 3 rings (SSSR count). The van der Waals surface area contributed by atoms with Crippen molar-refractivity contribution in [3.8, 4) is 0 Å². The Bertz CT molecular complexity index is 708. The first-order valence-corrected chi connectivity index (χ1v) is 7.66. The number of rotatable bonds is 4. The highest BCUT2D eigenvalue weighted by Gasteiger charge is 2.34. The van der Waals surface area contributed by atoms with Crippen LogP contribution in [0.3, 0.4) is 0 Å². The second-order valence-corrected chi connectivity index (χ2v) is 6.05. The molecule has 1 atom stereocenters. The Kier molecular flexibility index (Phi) is 4.06. The van der Waals surface area contributed by atoms with Crippen molar-refractivity contribution >= 4 is 29.0 Å². The number of aromatic nitrogens is 1. The van der Waals surface area contributed by atoms with E-state index in [0.29, 0.717) is 18.7 Å². The van der Waals surface area contributed by atoms with E-state index in [4.69, 9.17) is 0 Å². The van der Waals surface area contributed by atoms with Crippen molar-refractivity contribution in [1.82, 2.24) is 4.98 Å². The molecule has 1 fully saturated rings. The molecule has 0 radical (unpaired) electrons. The summed E-state index contributed by atoms with van der Waals surface area (Å²) in [5.41, 5.74) is 0.564. The molecule has 7 heteroatoms. The maximum absolute atomic E-state index is 12.5. The molecule has 1 amide bonds. The van der Waals surface area contributed by atoms with Crippen LogP contribution < -0.4 is 4.90 Å². The highest BCUT2D eigenvalue weighted by molar-refractivity contribution is 8.00. The van der Waals surface area contributed by atoms with E-state index in [-0.39, 0.29) is 16.8 Å². The van der Waals surface area contributed by atoms with Crippen molar-refractivity contribution in [2.24, 2.45) is 0 Å². The Morgan fingerprint density at radius 3 is 2.86 bits per heavy atom. The van der Waals surface area contributed by atoms with E-state index in [0.717, 1.165) is 5.03 Å². The number of hydrogen-bond acceptors (Lipinski definition) is 5. The molecule has 1 aliphatic heterocycles. The molecule has 0 N–H and O–H groups in total. The van der Waals surface area contributed by atoms with Crippen LogP contribution in [0.15, 0.2) is 53.7 Å². The van der Waals surface area contributed by atoms with E-state index in [2.05, 4.69) is 4.98 Å². The monoisotopic (exact) mass is 315 g/mol. The molecule has 1 aromatic heterocycles. The van der Waals surface area contributed by atoms with Crippen molar-refractivity contribution in [2.45, 2.75) is 16.7 Å². The number of thioether (sulfide) groups is 1. The van der Waals surface area contributed by atoms with Gasteiger partial charge in [-0.25, -0.2) is 4.98 Å². The predicted octanol–water partition coefficient (Wildman–Crippen LogP) is 2.89. The lowest BCUT2D eigenvalue weighted by atomic mass is 10.2. The van der Waals surface area contributed by atoms with Crippen LogP contribution >= 0.6 is 11.8 Å². The van der Waals surface area contributed by atoms with Gasteiger partial charge in [0.25, 0.3) is 5.69 Å². The molecular formula is C15H13N3O3S. The molecule has 2 aromatic rings. The third-order valence-electron chi connectivity index (χ3n) is 3.41. The largest absolute Gasteiger partial charge is 0.311 e. The maximum Gasteiger partial charge on any atom is 0.271 e. The highest BCUT2D eigenvalue weighted by atomic mass is 32.2. The van der Waals surface area contributed by atoms with Crippen molar-refractivity contribution in [1.29, 1.82) is 0 Å². The van der Waals surface area contributed by atoms with Crippen LogP contribution in [-0.2, 0) is 4.79 Å². The minimum absolute atomic E-state index is 0.00821. The van der Waals surface area contributed by atoms with E-state index < -0.39 is 4.92 Å². The molecule has 1 unspecified atom stereocenters. The Balaban J connectivity index is 1.76. The highest BCUT2D eigenvalue weighted by Crippen LogP contribution is 2.33.